The first kappa shape index (κ1) is 10.1. The first-order valence-corrected chi connectivity index (χ1v) is 5.68. The van der Waals surface area contributed by atoms with Gasteiger partial charge in [0.15, 0.2) is 0 Å². The lowest BCUT2D eigenvalue weighted by atomic mass is 10.2. The van der Waals surface area contributed by atoms with Crippen molar-refractivity contribution in [2.75, 3.05) is 5.32 Å². The molecule has 2 aromatic heterocycles. The summed E-state index contributed by atoms with van der Waals surface area (Å²) in [6.45, 7) is 4.24. The summed E-state index contributed by atoms with van der Waals surface area (Å²) in [4.78, 5) is 2.65. The molecule has 2 aromatic rings. The summed E-state index contributed by atoms with van der Waals surface area (Å²) in [7, 11) is 0. The van der Waals surface area contributed by atoms with E-state index in [1.165, 1.54) is 9.75 Å². The van der Waals surface area contributed by atoms with Crippen molar-refractivity contribution in [3.8, 4) is 0 Å². The van der Waals surface area contributed by atoms with Crippen LogP contribution in [0.1, 0.15) is 22.7 Å². The molecule has 4 heteroatoms. The molecule has 0 saturated heterocycles. The Labute approximate surface area is 93.2 Å². The van der Waals surface area contributed by atoms with Gasteiger partial charge in [-0.05, 0) is 38.1 Å². The van der Waals surface area contributed by atoms with E-state index in [9.17, 15) is 0 Å². The Morgan fingerprint density at radius 3 is 2.80 bits per heavy atom. The molecule has 0 aliphatic carbocycles. The molecule has 1 atom stereocenters. The van der Waals surface area contributed by atoms with Gasteiger partial charge in [-0.1, -0.05) is 0 Å². The number of hydrogen-bond acceptors (Lipinski definition) is 4. The standard InChI is InChI=1S/C11H13N3S/c1-8-5-6-10(15-8)9(2)13-11-4-3-7-12-14-11/h3-7,9H,1-2H3,(H,13,14). The topological polar surface area (TPSA) is 37.8 Å². The van der Waals surface area contributed by atoms with Gasteiger partial charge in [-0.25, -0.2) is 0 Å². The van der Waals surface area contributed by atoms with Crippen LogP contribution in [0.4, 0.5) is 5.82 Å². The second kappa shape index (κ2) is 4.40. The summed E-state index contributed by atoms with van der Waals surface area (Å²) in [5.74, 6) is 0.816. The minimum atomic E-state index is 0.278. The van der Waals surface area contributed by atoms with Crippen LogP contribution in [0, 0.1) is 6.92 Å². The minimum Gasteiger partial charge on any atom is -0.361 e. The zero-order valence-electron chi connectivity index (χ0n) is 8.77. The second-order valence-electron chi connectivity index (χ2n) is 3.42. The van der Waals surface area contributed by atoms with Crippen molar-refractivity contribution in [3.05, 3.63) is 40.2 Å². The first-order valence-electron chi connectivity index (χ1n) is 4.86. The van der Waals surface area contributed by atoms with Gasteiger partial charge in [0.05, 0.1) is 6.04 Å². The van der Waals surface area contributed by atoms with Crippen LogP contribution in [-0.2, 0) is 0 Å². The summed E-state index contributed by atoms with van der Waals surface area (Å²) in [5, 5.41) is 11.1. The third-order valence-corrected chi connectivity index (χ3v) is 3.31. The predicted octanol–water partition coefficient (Wildman–Crippen LogP) is 3.02. The van der Waals surface area contributed by atoms with Crippen LogP contribution in [0.3, 0.4) is 0 Å². The quantitative estimate of drug-likeness (QED) is 0.862. The SMILES string of the molecule is Cc1ccc(C(C)Nc2cccnn2)s1. The number of hydrogen-bond donors (Lipinski definition) is 1. The summed E-state index contributed by atoms with van der Waals surface area (Å²) in [5.41, 5.74) is 0. The number of anilines is 1. The molecular weight excluding hydrogens is 206 g/mol. The van der Waals surface area contributed by atoms with Gasteiger partial charge in [-0.15, -0.1) is 16.4 Å². The number of aryl methyl sites for hydroxylation is 1. The lowest BCUT2D eigenvalue weighted by Gasteiger charge is -2.11. The van der Waals surface area contributed by atoms with E-state index in [4.69, 9.17) is 0 Å². The van der Waals surface area contributed by atoms with Crippen LogP contribution < -0.4 is 5.32 Å². The van der Waals surface area contributed by atoms with Crippen molar-refractivity contribution in [3.63, 3.8) is 0 Å². The zero-order chi connectivity index (χ0) is 10.7. The highest BCUT2D eigenvalue weighted by Crippen LogP contribution is 2.24. The van der Waals surface area contributed by atoms with Crippen LogP contribution in [0.5, 0.6) is 0 Å². The van der Waals surface area contributed by atoms with Gasteiger partial charge in [0.1, 0.15) is 5.82 Å². The lowest BCUT2D eigenvalue weighted by molar-refractivity contribution is 0.879. The Kier molecular flexibility index (Phi) is 2.97. The van der Waals surface area contributed by atoms with Crippen molar-refractivity contribution in [2.45, 2.75) is 19.9 Å². The van der Waals surface area contributed by atoms with Crippen LogP contribution in [-0.4, -0.2) is 10.2 Å². The monoisotopic (exact) mass is 219 g/mol. The number of nitrogens with one attached hydrogen (secondary N) is 1. The Balaban J connectivity index is 2.07. The van der Waals surface area contributed by atoms with Gasteiger partial charge in [-0.2, -0.15) is 5.10 Å². The maximum absolute atomic E-state index is 3.99. The van der Waals surface area contributed by atoms with Crippen molar-refractivity contribution in [1.82, 2.24) is 10.2 Å². The van der Waals surface area contributed by atoms with Crippen LogP contribution in [0.15, 0.2) is 30.5 Å². The molecule has 0 aromatic carbocycles. The highest BCUT2D eigenvalue weighted by molar-refractivity contribution is 7.12. The van der Waals surface area contributed by atoms with Crippen LogP contribution in [0.2, 0.25) is 0 Å². The van der Waals surface area contributed by atoms with E-state index in [0.29, 0.717) is 0 Å². The average molecular weight is 219 g/mol. The summed E-state index contributed by atoms with van der Waals surface area (Å²) < 4.78 is 0. The van der Waals surface area contributed by atoms with E-state index in [1.54, 1.807) is 17.5 Å². The highest BCUT2D eigenvalue weighted by Gasteiger charge is 2.07. The van der Waals surface area contributed by atoms with Gasteiger partial charge >= 0.3 is 0 Å². The number of aromatic nitrogens is 2. The molecule has 0 saturated carbocycles. The van der Waals surface area contributed by atoms with E-state index >= 15 is 0 Å². The van der Waals surface area contributed by atoms with Gasteiger partial charge in [0.2, 0.25) is 0 Å². The molecule has 1 unspecified atom stereocenters. The zero-order valence-corrected chi connectivity index (χ0v) is 9.58. The molecule has 0 bridgehead atoms. The van der Waals surface area contributed by atoms with Crippen molar-refractivity contribution < 1.29 is 0 Å². The fourth-order valence-electron chi connectivity index (χ4n) is 1.36. The number of thiophene rings is 1. The third kappa shape index (κ3) is 2.53. The average Bonchev–Trinajstić information content (AvgIpc) is 2.66. The molecule has 78 valence electrons. The molecular formula is C11H13N3S. The van der Waals surface area contributed by atoms with Gasteiger partial charge in [0.25, 0.3) is 0 Å². The van der Waals surface area contributed by atoms with Gasteiger partial charge in [0, 0.05) is 16.0 Å². The van der Waals surface area contributed by atoms with E-state index in [-0.39, 0.29) is 6.04 Å². The normalized spacial score (nSPS) is 12.4. The Hall–Kier alpha value is -1.42. The summed E-state index contributed by atoms with van der Waals surface area (Å²) in [6.07, 6.45) is 1.67. The fraction of sp³-hybridized carbons (Fsp3) is 0.273. The third-order valence-electron chi connectivity index (χ3n) is 2.12. The maximum atomic E-state index is 3.99. The largest absolute Gasteiger partial charge is 0.361 e. The Morgan fingerprint density at radius 2 is 2.20 bits per heavy atom. The molecule has 2 rings (SSSR count). The van der Waals surface area contributed by atoms with E-state index in [1.807, 2.05) is 12.1 Å². The second-order valence-corrected chi connectivity index (χ2v) is 4.74. The molecule has 3 nitrogen and oxygen atoms in total. The van der Waals surface area contributed by atoms with Gasteiger partial charge < -0.3 is 5.32 Å². The van der Waals surface area contributed by atoms with Crippen molar-refractivity contribution >= 4 is 17.2 Å². The molecule has 2 heterocycles. The number of rotatable bonds is 3. The highest BCUT2D eigenvalue weighted by atomic mass is 32.1. The van der Waals surface area contributed by atoms with E-state index < -0.39 is 0 Å². The Morgan fingerprint density at radius 1 is 1.33 bits per heavy atom. The smallest absolute Gasteiger partial charge is 0.149 e. The molecule has 15 heavy (non-hydrogen) atoms. The van der Waals surface area contributed by atoms with E-state index in [2.05, 4.69) is 41.5 Å². The van der Waals surface area contributed by atoms with Crippen molar-refractivity contribution in [1.29, 1.82) is 0 Å². The molecule has 0 aliphatic heterocycles. The summed E-state index contributed by atoms with van der Waals surface area (Å²) in [6, 6.07) is 8.36. The van der Waals surface area contributed by atoms with E-state index in [0.717, 1.165) is 5.82 Å². The Bertz CT molecular complexity index is 424. The predicted molar refractivity (Wildman–Crippen MR) is 63.1 cm³/mol. The van der Waals surface area contributed by atoms with Gasteiger partial charge in [-0.3, -0.25) is 0 Å². The molecule has 0 fully saturated rings. The molecule has 0 spiro atoms. The summed E-state index contributed by atoms with van der Waals surface area (Å²) >= 11 is 1.80. The van der Waals surface area contributed by atoms with Crippen LogP contribution >= 0.6 is 11.3 Å². The lowest BCUT2D eigenvalue weighted by Crippen LogP contribution is -2.06. The molecule has 0 aliphatic rings. The number of nitrogens with zero attached hydrogens (tertiary/aromatic N) is 2. The van der Waals surface area contributed by atoms with Crippen molar-refractivity contribution in [2.24, 2.45) is 0 Å². The molecule has 1 N–H and O–H groups in total. The van der Waals surface area contributed by atoms with Crippen LogP contribution in [0.25, 0.3) is 0 Å². The maximum Gasteiger partial charge on any atom is 0.149 e. The molecule has 0 amide bonds. The minimum absolute atomic E-state index is 0.278. The first-order chi connectivity index (χ1) is 7.25. The molecule has 0 radical (unpaired) electrons. The fourth-order valence-corrected chi connectivity index (χ4v) is 2.24.